The number of nitroso groups, excluding NO2 is 1. The molecule has 9 heteroatoms. The number of nitrogens with zero attached hydrogens (tertiary/aromatic N) is 2. The first-order valence-electron chi connectivity index (χ1n) is 8.35. The van der Waals surface area contributed by atoms with E-state index in [-0.39, 0.29) is 16.3 Å². The molecule has 0 saturated heterocycles. The van der Waals surface area contributed by atoms with E-state index < -0.39 is 15.7 Å². The predicted octanol–water partition coefficient (Wildman–Crippen LogP) is 5.70. The molecule has 0 amide bonds. The maximum Gasteiger partial charge on any atom is 0.175 e. The number of sulfone groups is 1. The first-order chi connectivity index (χ1) is 13.8. The molecule has 0 aliphatic rings. The summed E-state index contributed by atoms with van der Waals surface area (Å²) in [6, 6.07) is 13.8. The third kappa shape index (κ3) is 3.87. The Morgan fingerprint density at radius 1 is 1.03 bits per heavy atom. The zero-order valence-corrected chi connectivity index (χ0v) is 16.6. The van der Waals surface area contributed by atoms with Gasteiger partial charge in [-0.15, -0.1) is 16.2 Å². The number of hydrogen-bond acceptors (Lipinski definition) is 7. The average Bonchev–Trinajstić information content (AvgIpc) is 3.14. The van der Waals surface area contributed by atoms with Gasteiger partial charge in [-0.3, -0.25) is 4.98 Å². The zero-order valence-electron chi connectivity index (χ0n) is 15.0. The third-order valence-corrected chi connectivity index (χ3v) is 6.50. The topological polar surface area (TPSA) is 85.7 Å². The van der Waals surface area contributed by atoms with Gasteiger partial charge in [-0.2, -0.15) is 0 Å². The third-order valence-electron chi connectivity index (χ3n) is 4.18. The van der Waals surface area contributed by atoms with E-state index in [9.17, 15) is 17.7 Å². The van der Waals surface area contributed by atoms with Crippen molar-refractivity contribution in [2.45, 2.75) is 4.90 Å². The smallest absolute Gasteiger partial charge is 0.175 e. The Morgan fingerprint density at radius 3 is 2.45 bits per heavy atom. The molecule has 0 radical (unpaired) electrons. The summed E-state index contributed by atoms with van der Waals surface area (Å²) in [5, 5.41) is 2.70. The molecular formula is C20H13FN2O4S2. The molecule has 2 aromatic carbocycles. The van der Waals surface area contributed by atoms with Gasteiger partial charge in [-0.05, 0) is 41.1 Å². The SMILES string of the molecule is CS(=O)(=O)c1ccc(-c2cc3nccc(Oc4ccc(N=O)cc4F)c3s2)cc1. The highest BCUT2D eigenvalue weighted by Crippen LogP contribution is 2.40. The Morgan fingerprint density at radius 2 is 1.79 bits per heavy atom. The molecule has 0 fully saturated rings. The quantitative estimate of drug-likeness (QED) is 0.381. The van der Waals surface area contributed by atoms with Crippen LogP contribution in [0.1, 0.15) is 0 Å². The van der Waals surface area contributed by atoms with Gasteiger partial charge in [0, 0.05) is 29.5 Å². The maximum absolute atomic E-state index is 14.1. The lowest BCUT2D eigenvalue weighted by atomic mass is 10.2. The molecule has 4 rings (SSSR count). The standard InChI is InChI=1S/C20H13FN2O4S2/c1-29(25,26)14-5-2-12(3-6-14)19-11-16-20(28-19)18(8-9-22-16)27-17-7-4-13(23-24)10-15(17)21/h2-11H,1H3. The average molecular weight is 428 g/mol. The molecule has 0 spiro atoms. The molecule has 0 aliphatic carbocycles. The molecule has 0 bridgehead atoms. The summed E-state index contributed by atoms with van der Waals surface area (Å²) in [6.45, 7) is 0. The molecule has 146 valence electrons. The molecule has 0 saturated carbocycles. The Balaban J connectivity index is 1.71. The largest absolute Gasteiger partial charge is 0.453 e. The van der Waals surface area contributed by atoms with Crippen LogP contribution in [0, 0.1) is 10.7 Å². The first-order valence-corrected chi connectivity index (χ1v) is 11.1. The molecule has 6 nitrogen and oxygen atoms in total. The van der Waals surface area contributed by atoms with Crippen molar-refractivity contribution in [2.75, 3.05) is 6.26 Å². The fourth-order valence-corrected chi connectivity index (χ4v) is 4.45. The van der Waals surface area contributed by atoms with Crippen molar-refractivity contribution in [3.05, 3.63) is 71.5 Å². The summed E-state index contributed by atoms with van der Waals surface area (Å²) < 4.78 is 43.8. The fourth-order valence-electron chi connectivity index (χ4n) is 2.75. The molecule has 2 heterocycles. The van der Waals surface area contributed by atoms with E-state index in [0.717, 1.165) is 22.8 Å². The Bertz CT molecular complexity index is 1330. The molecule has 0 unspecified atom stereocenters. The van der Waals surface area contributed by atoms with Gasteiger partial charge < -0.3 is 4.74 Å². The lowest BCUT2D eigenvalue weighted by Crippen LogP contribution is -1.95. The second-order valence-electron chi connectivity index (χ2n) is 6.24. The van der Waals surface area contributed by atoms with Gasteiger partial charge >= 0.3 is 0 Å². The number of pyridine rings is 1. The van der Waals surface area contributed by atoms with Crippen molar-refractivity contribution in [3.63, 3.8) is 0 Å². The highest BCUT2D eigenvalue weighted by molar-refractivity contribution is 7.90. The summed E-state index contributed by atoms with van der Waals surface area (Å²) in [5.41, 5.74) is 1.48. The van der Waals surface area contributed by atoms with Crippen LogP contribution in [0.4, 0.5) is 10.1 Å². The summed E-state index contributed by atoms with van der Waals surface area (Å²) in [6.07, 6.45) is 2.71. The van der Waals surface area contributed by atoms with Crippen LogP contribution in [0.2, 0.25) is 0 Å². The number of hydrogen-bond donors (Lipinski definition) is 0. The molecular weight excluding hydrogens is 415 g/mol. The van der Waals surface area contributed by atoms with E-state index in [2.05, 4.69) is 10.2 Å². The van der Waals surface area contributed by atoms with Gasteiger partial charge in [0.15, 0.2) is 21.4 Å². The molecule has 0 aliphatic heterocycles. The number of halogens is 1. The number of thiophene rings is 1. The van der Waals surface area contributed by atoms with Crippen LogP contribution in [-0.2, 0) is 9.84 Å². The Kier molecular flexibility index (Phi) is 4.85. The van der Waals surface area contributed by atoms with Crippen LogP contribution in [0.5, 0.6) is 11.5 Å². The van der Waals surface area contributed by atoms with Crippen LogP contribution in [-0.4, -0.2) is 19.7 Å². The lowest BCUT2D eigenvalue weighted by molar-refractivity contribution is 0.447. The van der Waals surface area contributed by atoms with Crippen LogP contribution in [0.3, 0.4) is 0 Å². The zero-order chi connectivity index (χ0) is 20.6. The number of benzene rings is 2. The van der Waals surface area contributed by atoms with E-state index in [1.807, 2.05) is 6.07 Å². The summed E-state index contributed by atoms with van der Waals surface area (Å²) >= 11 is 1.40. The van der Waals surface area contributed by atoms with Gasteiger partial charge in [0.2, 0.25) is 0 Å². The van der Waals surface area contributed by atoms with Crippen LogP contribution >= 0.6 is 11.3 Å². The van der Waals surface area contributed by atoms with Gasteiger partial charge in [0.1, 0.15) is 11.4 Å². The molecule has 4 aromatic rings. The maximum atomic E-state index is 14.1. The lowest BCUT2D eigenvalue weighted by Gasteiger charge is -2.07. The normalized spacial score (nSPS) is 11.5. The van der Waals surface area contributed by atoms with E-state index in [0.29, 0.717) is 16.0 Å². The van der Waals surface area contributed by atoms with Gasteiger partial charge in [-0.25, -0.2) is 12.8 Å². The summed E-state index contributed by atoms with van der Waals surface area (Å²) in [4.78, 5) is 15.9. The minimum Gasteiger partial charge on any atom is -0.453 e. The van der Waals surface area contributed by atoms with E-state index in [1.54, 1.807) is 36.5 Å². The van der Waals surface area contributed by atoms with Gasteiger partial charge in [0.05, 0.1) is 15.1 Å². The van der Waals surface area contributed by atoms with Crippen molar-refractivity contribution in [3.8, 4) is 21.9 Å². The number of rotatable bonds is 5. The highest BCUT2D eigenvalue weighted by Gasteiger charge is 2.14. The van der Waals surface area contributed by atoms with Gasteiger partial charge in [0.25, 0.3) is 0 Å². The number of fused-ring (bicyclic) bond motifs is 1. The van der Waals surface area contributed by atoms with Crippen molar-refractivity contribution in [1.82, 2.24) is 4.98 Å². The fraction of sp³-hybridized carbons (Fsp3) is 0.0500. The first kappa shape index (κ1) is 19.2. The van der Waals surface area contributed by atoms with Crippen molar-refractivity contribution in [1.29, 1.82) is 0 Å². The summed E-state index contributed by atoms with van der Waals surface area (Å²) in [5.74, 6) is -0.303. The Hall–Kier alpha value is -3.17. The van der Waals surface area contributed by atoms with E-state index in [4.69, 9.17) is 4.74 Å². The van der Waals surface area contributed by atoms with Crippen molar-refractivity contribution >= 4 is 37.1 Å². The minimum atomic E-state index is -3.27. The Labute approximate surface area is 169 Å². The molecule has 0 N–H and O–H groups in total. The van der Waals surface area contributed by atoms with Crippen LogP contribution in [0.25, 0.3) is 20.7 Å². The highest BCUT2D eigenvalue weighted by atomic mass is 32.2. The number of aromatic nitrogens is 1. The van der Waals surface area contributed by atoms with Crippen molar-refractivity contribution < 1.29 is 17.5 Å². The summed E-state index contributed by atoms with van der Waals surface area (Å²) in [7, 11) is -3.27. The number of ether oxygens (including phenoxy) is 1. The second kappa shape index (κ2) is 7.34. The van der Waals surface area contributed by atoms with Crippen molar-refractivity contribution in [2.24, 2.45) is 5.18 Å². The van der Waals surface area contributed by atoms with Crippen LogP contribution < -0.4 is 4.74 Å². The minimum absolute atomic E-state index is 0.0225. The predicted molar refractivity (Wildman–Crippen MR) is 110 cm³/mol. The van der Waals surface area contributed by atoms with Crippen LogP contribution in [0.15, 0.2) is 70.9 Å². The molecule has 0 atom stereocenters. The molecule has 2 aromatic heterocycles. The van der Waals surface area contributed by atoms with Gasteiger partial charge in [-0.1, -0.05) is 12.1 Å². The second-order valence-corrected chi connectivity index (χ2v) is 9.31. The van der Waals surface area contributed by atoms with E-state index >= 15 is 0 Å². The molecule has 29 heavy (non-hydrogen) atoms. The van der Waals surface area contributed by atoms with E-state index in [1.165, 1.54) is 23.5 Å². The monoisotopic (exact) mass is 428 g/mol.